The van der Waals surface area contributed by atoms with Gasteiger partial charge >= 0.3 is 0 Å². The number of aromatic nitrogens is 2. The Hall–Kier alpha value is -0.830. The summed E-state index contributed by atoms with van der Waals surface area (Å²) in [6.07, 6.45) is 6.74. The van der Waals surface area contributed by atoms with Crippen molar-refractivity contribution in [1.29, 1.82) is 0 Å². The minimum absolute atomic E-state index is 0.632. The molecule has 1 N–H and O–H groups in total. The molecule has 1 saturated heterocycles. The fourth-order valence-electron chi connectivity index (χ4n) is 2.18. The van der Waals surface area contributed by atoms with Crippen LogP contribution in [0.25, 0.3) is 0 Å². The average Bonchev–Trinajstić information content (AvgIpc) is 2.68. The highest BCUT2D eigenvalue weighted by Crippen LogP contribution is 2.20. The van der Waals surface area contributed by atoms with Crippen LogP contribution in [0.2, 0.25) is 0 Å². The highest BCUT2D eigenvalue weighted by atomic mass is 15.3. The molecule has 1 aliphatic heterocycles. The molecule has 2 rings (SSSR count). The molecule has 3 heteroatoms. The molecular formula is C11H19N3. The van der Waals surface area contributed by atoms with Gasteiger partial charge in [0.05, 0.1) is 6.04 Å². The zero-order valence-corrected chi connectivity index (χ0v) is 8.87. The highest BCUT2D eigenvalue weighted by molar-refractivity contribution is 5.02. The average molecular weight is 193 g/mol. The van der Waals surface area contributed by atoms with Crippen molar-refractivity contribution >= 4 is 0 Å². The zero-order valence-electron chi connectivity index (χ0n) is 8.87. The number of hydrogen-bond donors (Lipinski definition) is 1. The van der Waals surface area contributed by atoms with E-state index in [4.69, 9.17) is 0 Å². The number of nitrogens with zero attached hydrogens (tertiary/aromatic N) is 2. The highest BCUT2D eigenvalue weighted by Gasteiger charge is 2.17. The first-order valence-corrected chi connectivity index (χ1v) is 5.65. The van der Waals surface area contributed by atoms with E-state index in [0.29, 0.717) is 6.04 Å². The summed E-state index contributed by atoms with van der Waals surface area (Å²) in [6.45, 7) is 4.49. The molecule has 0 spiro atoms. The lowest BCUT2D eigenvalue weighted by molar-refractivity contribution is 0.335. The van der Waals surface area contributed by atoms with Gasteiger partial charge < -0.3 is 5.32 Å². The van der Waals surface area contributed by atoms with Crippen LogP contribution in [0.3, 0.4) is 0 Å². The predicted octanol–water partition coefficient (Wildman–Crippen LogP) is 1.76. The molecule has 0 radical (unpaired) electrons. The molecule has 0 bridgehead atoms. The van der Waals surface area contributed by atoms with E-state index >= 15 is 0 Å². The standard InChI is InChI=1S/C11H19N3/c1-2-3-10-6-9-13-14(10)11-4-7-12-8-5-11/h6,9,11-12H,2-5,7-8H2,1H3. The Morgan fingerprint density at radius 3 is 3.00 bits per heavy atom. The van der Waals surface area contributed by atoms with Gasteiger partial charge in [-0.1, -0.05) is 13.3 Å². The van der Waals surface area contributed by atoms with E-state index in [2.05, 4.69) is 28.1 Å². The molecule has 0 saturated carbocycles. The van der Waals surface area contributed by atoms with Crippen molar-refractivity contribution < 1.29 is 0 Å². The quantitative estimate of drug-likeness (QED) is 0.792. The van der Waals surface area contributed by atoms with Crippen molar-refractivity contribution in [2.45, 2.75) is 38.6 Å². The first-order valence-electron chi connectivity index (χ1n) is 5.65. The molecule has 0 aliphatic carbocycles. The van der Waals surface area contributed by atoms with Crippen LogP contribution in [0.1, 0.15) is 37.9 Å². The number of nitrogens with one attached hydrogen (secondary N) is 1. The summed E-state index contributed by atoms with van der Waals surface area (Å²) in [5, 5.41) is 7.83. The van der Waals surface area contributed by atoms with Crippen LogP contribution in [0.4, 0.5) is 0 Å². The van der Waals surface area contributed by atoms with Crippen LogP contribution >= 0.6 is 0 Å². The lowest BCUT2D eigenvalue weighted by Crippen LogP contribution is -2.30. The van der Waals surface area contributed by atoms with E-state index in [0.717, 1.165) is 19.5 Å². The molecule has 1 fully saturated rings. The van der Waals surface area contributed by atoms with Gasteiger partial charge in [-0.05, 0) is 38.4 Å². The Morgan fingerprint density at radius 1 is 1.50 bits per heavy atom. The SMILES string of the molecule is CCCc1ccnn1C1CCNCC1. The second kappa shape index (κ2) is 4.60. The predicted molar refractivity (Wildman–Crippen MR) is 57.4 cm³/mol. The number of aryl methyl sites for hydroxylation is 1. The van der Waals surface area contributed by atoms with Gasteiger partial charge in [-0.3, -0.25) is 4.68 Å². The first-order chi connectivity index (χ1) is 6.92. The molecule has 1 aliphatic rings. The second-order valence-corrected chi connectivity index (χ2v) is 4.00. The van der Waals surface area contributed by atoms with Gasteiger partial charge in [-0.25, -0.2) is 0 Å². The molecule has 0 atom stereocenters. The lowest BCUT2D eigenvalue weighted by atomic mass is 10.1. The molecule has 1 aromatic rings. The van der Waals surface area contributed by atoms with E-state index in [9.17, 15) is 0 Å². The number of rotatable bonds is 3. The molecule has 2 heterocycles. The Labute approximate surface area is 85.5 Å². The summed E-state index contributed by atoms with van der Waals surface area (Å²) in [5.74, 6) is 0. The minimum Gasteiger partial charge on any atom is -0.317 e. The Balaban J connectivity index is 2.09. The summed E-state index contributed by atoms with van der Waals surface area (Å²) in [4.78, 5) is 0. The third kappa shape index (κ3) is 1.98. The third-order valence-corrected chi connectivity index (χ3v) is 2.91. The Bertz CT molecular complexity index is 274. The molecule has 1 aromatic heterocycles. The van der Waals surface area contributed by atoms with Gasteiger partial charge in [-0.2, -0.15) is 5.10 Å². The molecule has 0 amide bonds. The topological polar surface area (TPSA) is 29.9 Å². The van der Waals surface area contributed by atoms with E-state index in [1.54, 1.807) is 0 Å². The van der Waals surface area contributed by atoms with Gasteiger partial charge in [0.1, 0.15) is 0 Å². The first kappa shape index (κ1) is 9.71. The van der Waals surface area contributed by atoms with Crippen molar-refractivity contribution in [2.75, 3.05) is 13.1 Å². The van der Waals surface area contributed by atoms with Crippen molar-refractivity contribution in [3.63, 3.8) is 0 Å². The van der Waals surface area contributed by atoms with Crippen LogP contribution in [0.5, 0.6) is 0 Å². The maximum absolute atomic E-state index is 4.45. The summed E-state index contributed by atoms with van der Waals surface area (Å²) >= 11 is 0. The van der Waals surface area contributed by atoms with Crippen molar-refractivity contribution in [3.8, 4) is 0 Å². The molecule has 0 unspecified atom stereocenters. The van der Waals surface area contributed by atoms with Gasteiger partial charge in [0.15, 0.2) is 0 Å². The summed E-state index contributed by atoms with van der Waals surface area (Å²) in [6, 6.07) is 2.79. The maximum atomic E-state index is 4.45. The Kier molecular flexibility index (Phi) is 3.19. The molecule has 3 nitrogen and oxygen atoms in total. The van der Waals surface area contributed by atoms with Crippen molar-refractivity contribution in [3.05, 3.63) is 18.0 Å². The fourth-order valence-corrected chi connectivity index (χ4v) is 2.18. The molecule has 78 valence electrons. The maximum Gasteiger partial charge on any atom is 0.0546 e. The molecule has 14 heavy (non-hydrogen) atoms. The largest absolute Gasteiger partial charge is 0.317 e. The van der Waals surface area contributed by atoms with Crippen LogP contribution in [0, 0.1) is 0 Å². The van der Waals surface area contributed by atoms with Crippen LogP contribution in [-0.2, 0) is 6.42 Å². The van der Waals surface area contributed by atoms with Gasteiger partial charge in [0.2, 0.25) is 0 Å². The van der Waals surface area contributed by atoms with E-state index in [1.807, 2.05) is 6.20 Å². The lowest BCUT2D eigenvalue weighted by Gasteiger charge is -2.24. The van der Waals surface area contributed by atoms with Gasteiger partial charge in [0, 0.05) is 11.9 Å². The van der Waals surface area contributed by atoms with Gasteiger partial charge in [-0.15, -0.1) is 0 Å². The number of piperidine rings is 1. The van der Waals surface area contributed by atoms with Crippen molar-refractivity contribution in [1.82, 2.24) is 15.1 Å². The van der Waals surface area contributed by atoms with Gasteiger partial charge in [0.25, 0.3) is 0 Å². The van der Waals surface area contributed by atoms with E-state index in [-0.39, 0.29) is 0 Å². The van der Waals surface area contributed by atoms with Crippen LogP contribution in [0.15, 0.2) is 12.3 Å². The normalized spacial score (nSPS) is 18.6. The van der Waals surface area contributed by atoms with Crippen LogP contribution in [-0.4, -0.2) is 22.9 Å². The summed E-state index contributed by atoms with van der Waals surface area (Å²) in [5.41, 5.74) is 1.40. The van der Waals surface area contributed by atoms with E-state index < -0.39 is 0 Å². The van der Waals surface area contributed by atoms with Crippen LogP contribution < -0.4 is 5.32 Å². The smallest absolute Gasteiger partial charge is 0.0546 e. The number of hydrogen-bond acceptors (Lipinski definition) is 2. The molecule has 0 aromatic carbocycles. The monoisotopic (exact) mass is 193 g/mol. The molecular weight excluding hydrogens is 174 g/mol. The second-order valence-electron chi connectivity index (χ2n) is 4.00. The third-order valence-electron chi connectivity index (χ3n) is 2.91. The summed E-state index contributed by atoms with van der Waals surface area (Å²) in [7, 11) is 0. The summed E-state index contributed by atoms with van der Waals surface area (Å²) < 4.78 is 2.24. The minimum atomic E-state index is 0.632. The zero-order chi connectivity index (χ0) is 9.80. The van der Waals surface area contributed by atoms with Crippen molar-refractivity contribution in [2.24, 2.45) is 0 Å². The Morgan fingerprint density at radius 2 is 2.29 bits per heavy atom. The van der Waals surface area contributed by atoms with E-state index in [1.165, 1.54) is 25.0 Å². The fraction of sp³-hybridized carbons (Fsp3) is 0.727.